The molecule has 0 heterocycles. The highest BCUT2D eigenvalue weighted by atomic mass is 79.9. The summed E-state index contributed by atoms with van der Waals surface area (Å²) in [6, 6.07) is 0.0484. The number of carbonyl (C=O) groups is 4. The van der Waals surface area contributed by atoms with Gasteiger partial charge in [0.1, 0.15) is 28.6 Å². The van der Waals surface area contributed by atoms with E-state index in [0.717, 1.165) is 0 Å². The van der Waals surface area contributed by atoms with Crippen LogP contribution in [0.1, 0.15) is 34.3 Å². The minimum atomic E-state index is -3.00. The number of carbonyl (C=O) groups excluding carboxylic acids is 4. The third kappa shape index (κ3) is 3.65. The van der Waals surface area contributed by atoms with Crippen LogP contribution in [0.15, 0.2) is 28.7 Å². The Morgan fingerprint density at radius 2 is 1.82 bits per heavy atom. The number of aliphatic hydroxyl groups is 4. The zero-order valence-corrected chi connectivity index (χ0v) is 22.9. The van der Waals surface area contributed by atoms with Crippen molar-refractivity contribution in [3.05, 3.63) is 50.4 Å². The lowest BCUT2D eigenvalue weighted by atomic mass is 9.55. The van der Waals surface area contributed by atoms with Gasteiger partial charge in [0.15, 0.2) is 11.4 Å². The van der Waals surface area contributed by atoms with Gasteiger partial charge in [-0.05, 0) is 31.6 Å². The first-order valence-corrected chi connectivity index (χ1v) is 13.1. The lowest BCUT2D eigenvalue weighted by molar-refractivity contribution is -0.162. The number of rotatable bonds is 5. The molecule has 38 heavy (non-hydrogen) atoms. The number of nitrogens with zero attached hydrogens (tertiary/aromatic N) is 1. The number of Topliss-reactive ketones (excluding diaryl/α,β-unsaturated/α-hetero) is 3. The minimum Gasteiger partial charge on any atom is -0.510 e. The summed E-state index contributed by atoms with van der Waals surface area (Å²) < 4.78 is 0. The number of nitrogens with two attached hydrogens (primary N) is 1. The molecule has 6 atom stereocenters. The molecule has 0 fully saturated rings. The topological polar surface area (TPSA) is 199 Å². The van der Waals surface area contributed by atoms with Gasteiger partial charge in [-0.2, -0.15) is 0 Å². The fourth-order valence-electron chi connectivity index (χ4n) is 6.10. The number of hydrogen-bond donors (Lipinski definition) is 6. The molecule has 3 aliphatic carbocycles. The number of benzene rings is 1. The first-order chi connectivity index (χ1) is 17.6. The average molecular weight is 614 g/mol. The van der Waals surface area contributed by atoms with Gasteiger partial charge in [0.2, 0.25) is 5.78 Å². The molecule has 1 aromatic carbocycles. The zero-order valence-electron chi connectivity index (χ0n) is 20.5. The first-order valence-electron chi connectivity index (χ1n) is 11.6. The fraction of sp³-hybridized carbons (Fsp3) is 0.440. The van der Waals surface area contributed by atoms with Crippen LogP contribution in [-0.2, 0) is 20.8 Å². The average Bonchev–Trinajstić information content (AvgIpc) is 2.83. The van der Waals surface area contributed by atoms with E-state index >= 15 is 0 Å². The van der Waals surface area contributed by atoms with E-state index in [4.69, 9.17) is 17.3 Å². The summed E-state index contributed by atoms with van der Waals surface area (Å²) in [7, 11) is 2.91. The van der Waals surface area contributed by atoms with Gasteiger partial charge in [-0.3, -0.25) is 24.1 Å². The van der Waals surface area contributed by atoms with Gasteiger partial charge in [0.25, 0.3) is 5.91 Å². The molecule has 0 spiro atoms. The molecule has 204 valence electrons. The van der Waals surface area contributed by atoms with E-state index in [-0.39, 0.29) is 39.2 Å². The number of ketones is 3. The molecular formula is C25H26BrClN2O9. The normalized spacial score (nSPS) is 30.8. The molecule has 0 saturated heterocycles. The SMILES string of the molecule is C[C@H]1c2cc(Cl)c(CC(=O)CBr)c(O)c2C(=O)C2=C(O)[C@]3(O)C(=O)C(C(N)=O)=C(O)[C@@H](N(C)C)[C@@H]3[C@@H](O)[C@@H]21. The molecule has 13 heteroatoms. The Balaban J connectivity index is 2.02. The van der Waals surface area contributed by atoms with E-state index in [1.807, 2.05) is 0 Å². The van der Waals surface area contributed by atoms with Crippen LogP contribution in [-0.4, -0.2) is 90.9 Å². The summed E-state index contributed by atoms with van der Waals surface area (Å²) in [5.41, 5.74) is 0.700. The van der Waals surface area contributed by atoms with Gasteiger partial charge in [-0.1, -0.05) is 34.5 Å². The van der Waals surface area contributed by atoms with Crippen molar-refractivity contribution in [1.29, 1.82) is 0 Å². The minimum absolute atomic E-state index is 0.0133. The molecular weight excluding hydrogens is 588 g/mol. The number of halogens is 2. The van der Waals surface area contributed by atoms with Crippen LogP contribution in [0.4, 0.5) is 0 Å². The number of fused-ring (bicyclic) bond motifs is 3. The predicted octanol–water partition coefficient (Wildman–Crippen LogP) is 0.812. The maximum Gasteiger partial charge on any atom is 0.255 e. The molecule has 0 aromatic heterocycles. The second kappa shape index (κ2) is 9.45. The number of phenolic OH excluding ortho intramolecular Hbond substituents is 1. The summed E-state index contributed by atoms with van der Waals surface area (Å²) in [5, 5.41) is 56.5. The molecule has 0 unspecified atom stereocenters. The van der Waals surface area contributed by atoms with E-state index in [1.165, 1.54) is 25.1 Å². The van der Waals surface area contributed by atoms with Crippen LogP contribution in [0.3, 0.4) is 0 Å². The monoisotopic (exact) mass is 612 g/mol. The predicted molar refractivity (Wildman–Crippen MR) is 137 cm³/mol. The maximum atomic E-state index is 13.8. The maximum absolute atomic E-state index is 13.8. The Labute approximate surface area is 230 Å². The molecule has 0 bridgehead atoms. The Morgan fingerprint density at radius 3 is 2.34 bits per heavy atom. The summed E-state index contributed by atoms with van der Waals surface area (Å²) in [4.78, 5) is 52.6. The van der Waals surface area contributed by atoms with Crippen molar-refractivity contribution < 1.29 is 44.7 Å². The summed E-state index contributed by atoms with van der Waals surface area (Å²) >= 11 is 9.39. The molecule has 7 N–H and O–H groups in total. The van der Waals surface area contributed by atoms with E-state index in [9.17, 15) is 44.7 Å². The standard InChI is InChI=1S/C25H26BrClN2O9/c1-7-9-5-11(27)10(4-8(30)6-26)18(31)13(9)19(32)14-12(7)20(33)16-17(29(2)3)21(34)15(24(28)37)23(36)25(16,38)22(14)35/h5,7,12,16-17,20,31,33-35,38H,4,6H2,1-3H3,(H2,28,37)/t7-,12+,16+,17-,20-,25-/m0/s1. The van der Waals surface area contributed by atoms with Crippen molar-refractivity contribution >= 4 is 50.8 Å². The summed E-state index contributed by atoms with van der Waals surface area (Å²) in [5.74, 6) is -10.3. The number of hydrogen-bond acceptors (Lipinski definition) is 10. The quantitative estimate of drug-likeness (QED) is 0.204. The van der Waals surface area contributed by atoms with Gasteiger partial charge in [0.05, 0.1) is 29.0 Å². The number of alkyl halides is 1. The van der Waals surface area contributed by atoms with Crippen molar-refractivity contribution in [2.75, 3.05) is 19.4 Å². The number of phenols is 1. The van der Waals surface area contributed by atoms with E-state index in [0.29, 0.717) is 0 Å². The van der Waals surface area contributed by atoms with Crippen LogP contribution in [0, 0.1) is 11.8 Å². The second-order valence-electron chi connectivity index (χ2n) is 10.0. The molecule has 0 saturated carbocycles. The van der Waals surface area contributed by atoms with Gasteiger partial charge < -0.3 is 31.3 Å². The highest BCUT2D eigenvalue weighted by molar-refractivity contribution is 9.09. The van der Waals surface area contributed by atoms with E-state index < -0.39 is 81.4 Å². The highest BCUT2D eigenvalue weighted by Crippen LogP contribution is 2.56. The molecule has 4 rings (SSSR count). The number of amides is 1. The highest BCUT2D eigenvalue weighted by Gasteiger charge is 2.67. The lowest BCUT2D eigenvalue weighted by Gasteiger charge is -2.53. The van der Waals surface area contributed by atoms with Crippen LogP contribution in [0.25, 0.3) is 0 Å². The largest absolute Gasteiger partial charge is 0.510 e. The fourth-order valence-corrected chi connectivity index (χ4v) is 6.58. The van der Waals surface area contributed by atoms with Crippen molar-refractivity contribution in [2.45, 2.75) is 37.0 Å². The molecule has 1 aromatic rings. The van der Waals surface area contributed by atoms with Crippen LogP contribution >= 0.6 is 27.5 Å². The number of likely N-dealkylation sites (N-methyl/N-ethyl adjacent to an activating group) is 1. The van der Waals surface area contributed by atoms with Crippen LogP contribution < -0.4 is 5.73 Å². The first kappa shape index (κ1) is 28.2. The van der Waals surface area contributed by atoms with Crippen molar-refractivity contribution in [1.82, 2.24) is 4.90 Å². The van der Waals surface area contributed by atoms with Gasteiger partial charge in [0, 0.05) is 28.5 Å². The Bertz CT molecular complexity index is 1370. The molecule has 1 amide bonds. The lowest BCUT2D eigenvalue weighted by Crippen LogP contribution is -2.68. The van der Waals surface area contributed by atoms with Crippen LogP contribution in [0.5, 0.6) is 5.75 Å². The third-order valence-corrected chi connectivity index (χ3v) is 8.79. The second-order valence-corrected chi connectivity index (χ2v) is 11.0. The number of primary amides is 1. The van der Waals surface area contributed by atoms with Crippen molar-refractivity contribution in [3.63, 3.8) is 0 Å². The summed E-state index contributed by atoms with van der Waals surface area (Å²) in [6.45, 7) is 1.59. The van der Waals surface area contributed by atoms with Crippen LogP contribution in [0.2, 0.25) is 5.02 Å². The van der Waals surface area contributed by atoms with Gasteiger partial charge in [-0.15, -0.1) is 0 Å². The van der Waals surface area contributed by atoms with Crippen molar-refractivity contribution in [3.8, 4) is 5.75 Å². The van der Waals surface area contributed by atoms with Crippen molar-refractivity contribution in [2.24, 2.45) is 17.6 Å². The Hall–Kier alpha value is -2.77. The third-order valence-electron chi connectivity index (χ3n) is 7.83. The molecule has 0 radical (unpaired) electrons. The molecule has 11 nitrogen and oxygen atoms in total. The van der Waals surface area contributed by atoms with E-state index in [2.05, 4.69) is 15.9 Å². The smallest absolute Gasteiger partial charge is 0.255 e. The number of aromatic hydroxyl groups is 1. The van der Waals surface area contributed by atoms with Gasteiger partial charge >= 0.3 is 0 Å². The Kier molecular flexibility index (Phi) is 7.03. The Morgan fingerprint density at radius 1 is 1.21 bits per heavy atom. The number of aliphatic hydroxyl groups excluding tert-OH is 3. The zero-order chi connectivity index (χ0) is 28.6. The molecule has 0 aliphatic heterocycles. The van der Waals surface area contributed by atoms with Gasteiger partial charge in [-0.25, -0.2) is 0 Å². The summed E-state index contributed by atoms with van der Waals surface area (Å²) in [6.07, 6.45) is -2.01. The van der Waals surface area contributed by atoms with E-state index in [1.54, 1.807) is 6.92 Å². The molecule has 3 aliphatic rings.